The number of hydrazine groups is 1. The summed E-state index contributed by atoms with van der Waals surface area (Å²) in [5, 5.41) is 14.1. The third-order valence-corrected chi connectivity index (χ3v) is 4.24. The molecular formula is C19H22N2O2. The van der Waals surface area contributed by atoms with E-state index >= 15 is 0 Å². The number of unbranched alkanes of at least 4 members (excludes halogenated alkanes) is 1. The molecule has 4 heteroatoms. The highest BCUT2D eigenvalue weighted by Crippen LogP contribution is 2.35. The van der Waals surface area contributed by atoms with E-state index in [1.54, 1.807) is 10.0 Å². The van der Waals surface area contributed by atoms with E-state index in [1.165, 1.54) is 0 Å². The van der Waals surface area contributed by atoms with Crippen LogP contribution in [0.15, 0.2) is 60.7 Å². The van der Waals surface area contributed by atoms with Crippen molar-refractivity contribution in [3.05, 3.63) is 60.7 Å². The summed E-state index contributed by atoms with van der Waals surface area (Å²) < 4.78 is 0. The lowest BCUT2D eigenvalue weighted by Crippen LogP contribution is -2.43. The molecule has 23 heavy (non-hydrogen) atoms. The highest BCUT2D eigenvalue weighted by Gasteiger charge is 2.46. The Bertz CT molecular complexity index is 645. The molecule has 0 spiro atoms. The third kappa shape index (κ3) is 2.94. The van der Waals surface area contributed by atoms with Gasteiger partial charge in [0, 0.05) is 0 Å². The second-order valence-electron chi connectivity index (χ2n) is 5.83. The largest absolute Gasteiger partial charge is 0.371 e. The zero-order valence-electron chi connectivity index (χ0n) is 13.3. The monoisotopic (exact) mass is 310 g/mol. The van der Waals surface area contributed by atoms with Gasteiger partial charge in [-0.1, -0.05) is 56.2 Å². The van der Waals surface area contributed by atoms with Gasteiger partial charge in [0.1, 0.15) is 0 Å². The molecule has 1 heterocycles. The Morgan fingerprint density at radius 3 is 2.09 bits per heavy atom. The molecule has 1 fully saturated rings. The molecule has 1 N–H and O–H groups in total. The van der Waals surface area contributed by atoms with Crippen LogP contribution in [0.5, 0.6) is 0 Å². The maximum absolute atomic E-state index is 12.9. The molecule has 2 atom stereocenters. The number of hydrogen-bond donors (Lipinski definition) is 1. The van der Waals surface area contributed by atoms with E-state index in [1.807, 2.05) is 60.7 Å². The zero-order valence-corrected chi connectivity index (χ0v) is 13.3. The van der Waals surface area contributed by atoms with Gasteiger partial charge in [-0.2, -0.15) is 0 Å². The van der Waals surface area contributed by atoms with Crippen molar-refractivity contribution in [2.24, 2.45) is 5.92 Å². The quantitative estimate of drug-likeness (QED) is 0.918. The third-order valence-electron chi connectivity index (χ3n) is 4.24. The molecule has 0 radical (unpaired) electrons. The van der Waals surface area contributed by atoms with Gasteiger partial charge in [0.15, 0.2) is 6.23 Å². The van der Waals surface area contributed by atoms with Gasteiger partial charge in [-0.3, -0.25) is 4.79 Å². The van der Waals surface area contributed by atoms with Gasteiger partial charge < -0.3 is 5.11 Å². The number of nitrogens with zero attached hydrogens (tertiary/aromatic N) is 2. The van der Waals surface area contributed by atoms with Crippen molar-refractivity contribution >= 4 is 17.3 Å². The van der Waals surface area contributed by atoms with E-state index in [0.717, 1.165) is 24.2 Å². The number of benzene rings is 2. The first-order valence-electron chi connectivity index (χ1n) is 8.15. The zero-order chi connectivity index (χ0) is 16.2. The van der Waals surface area contributed by atoms with Gasteiger partial charge in [-0.25, -0.2) is 10.0 Å². The van der Waals surface area contributed by atoms with Crippen molar-refractivity contribution in [2.45, 2.75) is 32.4 Å². The molecule has 2 unspecified atom stereocenters. The van der Waals surface area contributed by atoms with Crippen LogP contribution in [0.4, 0.5) is 11.4 Å². The van der Waals surface area contributed by atoms with Crippen LogP contribution in [0.3, 0.4) is 0 Å². The molecule has 0 aliphatic carbocycles. The number of rotatable bonds is 5. The predicted molar refractivity (Wildman–Crippen MR) is 91.9 cm³/mol. The molecule has 0 aromatic heterocycles. The molecule has 1 saturated heterocycles. The Balaban J connectivity index is 2.00. The normalized spacial score (nSPS) is 21.0. The average molecular weight is 310 g/mol. The molecule has 2 aromatic carbocycles. The number of carbonyl (C=O) groups excluding carboxylic acids is 1. The van der Waals surface area contributed by atoms with Gasteiger partial charge in [0.05, 0.1) is 17.3 Å². The lowest BCUT2D eigenvalue weighted by atomic mass is 10.0. The number of anilines is 2. The van der Waals surface area contributed by atoms with Crippen molar-refractivity contribution in [2.75, 3.05) is 10.0 Å². The van der Waals surface area contributed by atoms with Gasteiger partial charge in [-0.05, 0) is 30.7 Å². The van der Waals surface area contributed by atoms with E-state index < -0.39 is 12.1 Å². The number of aliphatic hydroxyl groups excluding tert-OH is 1. The Morgan fingerprint density at radius 2 is 1.52 bits per heavy atom. The first-order valence-corrected chi connectivity index (χ1v) is 8.15. The molecule has 0 bridgehead atoms. The van der Waals surface area contributed by atoms with Crippen molar-refractivity contribution in [1.29, 1.82) is 0 Å². The van der Waals surface area contributed by atoms with E-state index in [9.17, 15) is 9.90 Å². The molecule has 1 aliphatic heterocycles. The fraction of sp³-hybridized carbons (Fsp3) is 0.316. The molecule has 1 amide bonds. The van der Waals surface area contributed by atoms with Gasteiger partial charge in [-0.15, -0.1) is 0 Å². The Labute approximate surface area is 136 Å². The summed E-state index contributed by atoms with van der Waals surface area (Å²) in [6.07, 6.45) is 1.80. The van der Waals surface area contributed by atoms with Crippen LogP contribution in [0.25, 0.3) is 0 Å². The summed E-state index contributed by atoms with van der Waals surface area (Å²) in [5.41, 5.74) is 1.59. The number of para-hydroxylation sites is 2. The van der Waals surface area contributed by atoms with Crippen LogP contribution in [0.2, 0.25) is 0 Å². The van der Waals surface area contributed by atoms with E-state index in [-0.39, 0.29) is 5.91 Å². The fourth-order valence-electron chi connectivity index (χ4n) is 3.05. The minimum absolute atomic E-state index is 0.0407. The van der Waals surface area contributed by atoms with Crippen molar-refractivity contribution < 1.29 is 9.90 Å². The second kappa shape index (κ2) is 6.84. The lowest BCUT2D eigenvalue weighted by molar-refractivity contribution is -0.122. The van der Waals surface area contributed by atoms with E-state index in [4.69, 9.17) is 0 Å². The van der Waals surface area contributed by atoms with Gasteiger partial charge in [0.2, 0.25) is 0 Å². The number of carbonyl (C=O) groups is 1. The predicted octanol–water partition coefficient (Wildman–Crippen LogP) is 3.58. The highest BCUT2D eigenvalue weighted by molar-refractivity contribution is 6.01. The second-order valence-corrected chi connectivity index (χ2v) is 5.83. The Morgan fingerprint density at radius 1 is 0.957 bits per heavy atom. The molecule has 120 valence electrons. The molecule has 2 aromatic rings. The highest BCUT2D eigenvalue weighted by atomic mass is 16.3. The summed E-state index contributed by atoms with van der Waals surface area (Å²) in [5.74, 6) is -0.434. The van der Waals surface area contributed by atoms with Crippen molar-refractivity contribution in [1.82, 2.24) is 0 Å². The minimum Gasteiger partial charge on any atom is -0.371 e. The number of aliphatic hydroxyl groups is 1. The van der Waals surface area contributed by atoms with E-state index in [2.05, 4.69) is 6.92 Å². The van der Waals surface area contributed by atoms with Crippen LogP contribution in [0, 0.1) is 5.92 Å². The molecule has 3 rings (SSSR count). The topological polar surface area (TPSA) is 43.8 Å². The smallest absolute Gasteiger partial charge is 0.253 e. The van der Waals surface area contributed by atoms with E-state index in [0.29, 0.717) is 6.42 Å². The van der Waals surface area contributed by atoms with Crippen LogP contribution >= 0.6 is 0 Å². The van der Waals surface area contributed by atoms with Gasteiger partial charge >= 0.3 is 0 Å². The first-order chi connectivity index (χ1) is 11.2. The summed E-state index contributed by atoms with van der Waals surface area (Å²) >= 11 is 0. The number of hydrogen-bond acceptors (Lipinski definition) is 3. The van der Waals surface area contributed by atoms with Crippen LogP contribution < -0.4 is 10.0 Å². The van der Waals surface area contributed by atoms with Crippen molar-refractivity contribution in [3.8, 4) is 0 Å². The Kier molecular flexibility index (Phi) is 4.63. The van der Waals surface area contributed by atoms with Gasteiger partial charge in [0.25, 0.3) is 5.91 Å². The van der Waals surface area contributed by atoms with Crippen LogP contribution in [-0.2, 0) is 4.79 Å². The lowest BCUT2D eigenvalue weighted by Gasteiger charge is -2.31. The fourth-order valence-corrected chi connectivity index (χ4v) is 3.05. The number of amides is 1. The first kappa shape index (κ1) is 15.6. The maximum atomic E-state index is 12.9. The molecular weight excluding hydrogens is 288 g/mol. The molecule has 1 aliphatic rings. The minimum atomic E-state index is -0.836. The summed E-state index contributed by atoms with van der Waals surface area (Å²) in [6.45, 7) is 2.09. The van der Waals surface area contributed by atoms with Crippen LogP contribution in [0.1, 0.15) is 26.2 Å². The maximum Gasteiger partial charge on any atom is 0.253 e. The summed E-state index contributed by atoms with van der Waals surface area (Å²) in [4.78, 5) is 12.9. The summed E-state index contributed by atoms with van der Waals surface area (Å²) in [6, 6.07) is 19.1. The Hall–Kier alpha value is -2.33. The average Bonchev–Trinajstić information content (AvgIpc) is 2.85. The standard InChI is InChI=1S/C19H22N2O2/c1-2-3-14-17-18(22)20(15-10-6-4-7-11-15)21(19(17)23)16-12-8-5-9-13-16/h4-13,17-18,22H,2-3,14H2,1H3. The SMILES string of the molecule is CCCCC1C(=O)N(c2ccccc2)N(c2ccccc2)C1O. The molecule has 4 nitrogen and oxygen atoms in total. The van der Waals surface area contributed by atoms with Crippen LogP contribution in [-0.4, -0.2) is 17.2 Å². The molecule has 0 saturated carbocycles. The summed E-state index contributed by atoms with van der Waals surface area (Å²) in [7, 11) is 0. The van der Waals surface area contributed by atoms with Crippen molar-refractivity contribution in [3.63, 3.8) is 0 Å².